The van der Waals surface area contributed by atoms with E-state index in [4.69, 9.17) is 4.74 Å². The van der Waals surface area contributed by atoms with E-state index in [2.05, 4.69) is 9.71 Å². The molecule has 1 aromatic carbocycles. The third-order valence-electron chi connectivity index (χ3n) is 3.72. The number of benzene rings is 1. The molecule has 0 saturated heterocycles. The summed E-state index contributed by atoms with van der Waals surface area (Å²) in [5.41, 5.74) is 0.885. The van der Waals surface area contributed by atoms with Gasteiger partial charge in [-0.15, -0.1) is 0 Å². The molecule has 0 fully saturated rings. The van der Waals surface area contributed by atoms with E-state index < -0.39 is 10.0 Å². The fourth-order valence-electron chi connectivity index (χ4n) is 2.43. The summed E-state index contributed by atoms with van der Waals surface area (Å²) in [6, 6.07) is 9.91. The van der Waals surface area contributed by atoms with Crippen LogP contribution in [0.1, 0.15) is 26.3 Å². The van der Waals surface area contributed by atoms with Gasteiger partial charge in [-0.3, -0.25) is 9.78 Å². The first-order valence-electron chi connectivity index (χ1n) is 8.69. The number of pyridine rings is 1. The number of amides is 1. The minimum atomic E-state index is -3.66. The molecule has 0 atom stereocenters. The van der Waals surface area contributed by atoms with E-state index in [1.54, 1.807) is 35.5 Å². The van der Waals surface area contributed by atoms with Crippen molar-refractivity contribution in [2.45, 2.75) is 38.3 Å². The number of carbonyl (C=O) groups is 1. The fraction of sp³-hybridized carbons (Fsp3) is 0.368. The largest absolute Gasteiger partial charge is 0.491 e. The van der Waals surface area contributed by atoms with Crippen molar-refractivity contribution in [1.29, 1.82) is 0 Å². The van der Waals surface area contributed by atoms with Gasteiger partial charge in [0.1, 0.15) is 5.75 Å². The molecule has 0 aliphatic carbocycles. The summed E-state index contributed by atoms with van der Waals surface area (Å²) < 4.78 is 32.9. The summed E-state index contributed by atoms with van der Waals surface area (Å²) in [6.45, 7) is 6.02. The molecule has 2 aromatic rings. The summed E-state index contributed by atoms with van der Waals surface area (Å²) >= 11 is 0. The van der Waals surface area contributed by atoms with Crippen molar-refractivity contribution in [1.82, 2.24) is 14.6 Å². The maximum atomic E-state index is 12.4. The van der Waals surface area contributed by atoms with Gasteiger partial charge in [-0.05, 0) is 49.7 Å². The first kappa shape index (κ1) is 20.9. The average Bonchev–Trinajstić information content (AvgIpc) is 2.61. The minimum Gasteiger partial charge on any atom is -0.491 e. The lowest BCUT2D eigenvalue weighted by Gasteiger charge is -2.21. The van der Waals surface area contributed by atoms with Crippen molar-refractivity contribution >= 4 is 15.9 Å². The Morgan fingerprint density at radius 1 is 1.22 bits per heavy atom. The van der Waals surface area contributed by atoms with Crippen molar-refractivity contribution in [3.8, 4) is 5.75 Å². The number of hydrogen-bond acceptors (Lipinski definition) is 5. The third kappa shape index (κ3) is 6.65. The Bertz CT molecular complexity index is 837. The Balaban J connectivity index is 1.94. The SMILES string of the molecule is CC(=O)N(CCNS(=O)(=O)c1ccc(OC(C)C)cc1)Cc1cccnc1. The van der Waals surface area contributed by atoms with Crippen molar-refractivity contribution < 1.29 is 17.9 Å². The molecule has 0 aliphatic rings. The summed E-state index contributed by atoms with van der Waals surface area (Å²) in [5.74, 6) is 0.483. The van der Waals surface area contributed by atoms with Gasteiger partial charge in [0.25, 0.3) is 0 Å². The van der Waals surface area contributed by atoms with E-state index in [0.717, 1.165) is 5.56 Å². The van der Waals surface area contributed by atoms with Gasteiger partial charge >= 0.3 is 0 Å². The normalized spacial score (nSPS) is 11.4. The summed E-state index contributed by atoms with van der Waals surface area (Å²) in [7, 11) is -3.66. The molecule has 27 heavy (non-hydrogen) atoms. The number of aromatic nitrogens is 1. The Hall–Kier alpha value is -2.45. The Morgan fingerprint density at radius 2 is 1.93 bits per heavy atom. The lowest BCUT2D eigenvalue weighted by molar-refractivity contribution is -0.129. The number of carbonyl (C=O) groups excluding carboxylic acids is 1. The molecule has 1 aromatic heterocycles. The molecule has 7 nitrogen and oxygen atoms in total. The van der Waals surface area contributed by atoms with Gasteiger partial charge in [0.15, 0.2) is 0 Å². The molecule has 0 spiro atoms. The number of hydrogen-bond donors (Lipinski definition) is 1. The second kappa shape index (κ2) is 9.48. The van der Waals surface area contributed by atoms with Crippen LogP contribution in [0.5, 0.6) is 5.75 Å². The zero-order valence-corrected chi connectivity index (χ0v) is 16.6. The maximum absolute atomic E-state index is 12.4. The van der Waals surface area contributed by atoms with Crippen molar-refractivity contribution in [2.24, 2.45) is 0 Å². The predicted octanol–water partition coefficient (Wildman–Crippen LogP) is 2.20. The minimum absolute atomic E-state index is 0.0166. The molecule has 1 N–H and O–H groups in total. The second-order valence-corrected chi connectivity index (χ2v) is 8.10. The third-order valence-corrected chi connectivity index (χ3v) is 5.20. The quantitative estimate of drug-likeness (QED) is 0.708. The van der Waals surface area contributed by atoms with Gasteiger partial charge in [0.05, 0.1) is 11.0 Å². The predicted molar refractivity (Wildman–Crippen MR) is 103 cm³/mol. The van der Waals surface area contributed by atoms with Crippen LogP contribution in [-0.2, 0) is 21.4 Å². The van der Waals surface area contributed by atoms with Gasteiger partial charge < -0.3 is 9.64 Å². The zero-order valence-electron chi connectivity index (χ0n) is 15.8. The van der Waals surface area contributed by atoms with Crippen LogP contribution >= 0.6 is 0 Å². The van der Waals surface area contributed by atoms with E-state index >= 15 is 0 Å². The molecular weight excluding hydrogens is 366 g/mol. The first-order valence-corrected chi connectivity index (χ1v) is 10.2. The monoisotopic (exact) mass is 391 g/mol. The van der Waals surface area contributed by atoms with Crippen molar-refractivity contribution in [2.75, 3.05) is 13.1 Å². The number of nitrogens with zero attached hydrogens (tertiary/aromatic N) is 2. The summed E-state index contributed by atoms with van der Waals surface area (Å²) in [5, 5.41) is 0. The average molecular weight is 391 g/mol. The van der Waals surface area contributed by atoms with Crippen molar-refractivity contribution in [3.63, 3.8) is 0 Å². The van der Waals surface area contributed by atoms with Crippen LogP contribution in [0.3, 0.4) is 0 Å². The summed E-state index contributed by atoms with van der Waals surface area (Å²) in [6.07, 6.45) is 3.36. The number of rotatable bonds is 9. The van der Waals surface area contributed by atoms with Gasteiger partial charge in [0, 0.05) is 39.0 Å². The molecule has 0 radical (unpaired) electrons. The van der Waals surface area contributed by atoms with Crippen LogP contribution in [0.25, 0.3) is 0 Å². The molecule has 0 saturated carbocycles. The van der Waals surface area contributed by atoms with Gasteiger partial charge in [-0.25, -0.2) is 13.1 Å². The lowest BCUT2D eigenvalue weighted by atomic mass is 10.2. The van der Waals surface area contributed by atoms with Crippen LogP contribution in [0, 0.1) is 0 Å². The highest BCUT2D eigenvalue weighted by atomic mass is 32.2. The highest BCUT2D eigenvalue weighted by Gasteiger charge is 2.16. The highest BCUT2D eigenvalue weighted by molar-refractivity contribution is 7.89. The standard InChI is InChI=1S/C19H25N3O4S/c1-15(2)26-18-6-8-19(9-7-18)27(24,25)21-11-12-22(16(3)23)14-17-5-4-10-20-13-17/h4-10,13,15,21H,11-12,14H2,1-3H3. The maximum Gasteiger partial charge on any atom is 0.240 e. The van der Waals surface area contributed by atoms with Crippen LogP contribution in [0.4, 0.5) is 0 Å². The molecule has 0 aliphatic heterocycles. The Morgan fingerprint density at radius 3 is 2.48 bits per heavy atom. The Labute approximate surface area is 160 Å². The molecule has 146 valence electrons. The molecule has 8 heteroatoms. The molecular formula is C19H25N3O4S. The molecule has 1 heterocycles. The van der Waals surface area contributed by atoms with Crippen molar-refractivity contribution in [3.05, 3.63) is 54.4 Å². The number of ether oxygens (including phenoxy) is 1. The molecule has 1 amide bonds. The number of nitrogens with one attached hydrogen (secondary N) is 1. The first-order chi connectivity index (χ1) is 12.8. The van der Waals surface area contributed by atoms with Crippen LogP contribution in [-0.4, -0.2) is 43.4 Å². The van der Waals surface area contributed by atoms with E-state index in [-0.39, 0.29) is 30.0 Å². The summed E-state index contributed by atoms with van der Waals surface area (Å²) in [4.78, 5) is 17.6. The van der Waals surface area contributed by atoms with Crippen LogP contribution < -0.4 is 9.46 Å². The highest BCUT2D eigenvalue weighted by Crippen LogP contribution is 2.17. The van der Waals surface area contributed by atoms with Crippen LogP contribution in [0.2, 0.25) is 0 Å². The smallest absolute Gasteiger partial charge is 0.240 e. The van der Waals surface area contributed by atoms with E-state index in [0.29, 0.717) is 12.3 Å². The van der Waals surface area contributed by atoms with E-state index in [9.17, 15) is 13.2 Å². The molecule has 0 unspecified atom stereocenters. The number of sulfonamides is 1. The van der Waals surface area contributed by atoms with E-state index in [1.807, 2.05) is 19.9 Å². The van der Waals surface area contributed by atoms with E-state index in [1.165, 1.54) is 19.1 Å². The topological polar surface area (TPSA) is 88.6 Å². The van der Waals surface area contributed by atoms with Gasteiger partial charge in [-0.2, -0.15) is 0 Å². The lowest BCUT2D eigenvalue weighted by Crippen LogP contribution is -2.37. The fourth-order valence-corrected chi connectivity index (χ4v) is 3.45. The Kier molecular flexibility index (Phi) is 7.32. The van der Waals surface area contributed by atoms with Gasteiger partial charge in [0.2, 0.25) is 15.9 Å². The zero-order chi connectivity index (χ0) is 19.9. The molecule has 2 rings (SSSR count). The molecule has 0 bridgehead atoms. The van der Waals surface area contributed by atoms with Gasteiger partial charge in [-0.1, -0.05) is 6.07 Å². The second-order valence-electron chi connectivity index (χ2n) is 6.34. The van der Waals surface area contributed by atoms with Crippen LogP contribution in [0.15, 0.2) is 53.7 Å².